The van der Waals surface area contributed by atoms with E-state index in [1.54, 1.807) is 6.92 Å². The van der Waals surface area contributed by atoms with Gasteiger partial charge >= 0.3 is 11.9 Å². The Bertz CT molecular complexity index is 784. The Hall–Kier alpha value is -3.42. The second-order valence-electron chi connectivity index (χ2n) is 4.59. The van der Waals surface area contributed by atoms with Crippen molar-refractivity contribution in [2.24, 2.45) is 0 Å². The molecule has 0 heterocycles. The van der Waals surface area contributed by atoms with Gasteiger partial charge in [0.25, 0.3) is 5.69 Å². The monoisotopic (exact) mass is 331 g/mol. The van der Waals surface area contributed by atoms with Crippen LogP contribution in [0.2, 0.25) is 0 Å². The molecule has 0 fully saturated rings. The Kier molecular flexibility index (Phi) is 5.10. The molecule has 1 N–H and O–H groups in total. The largest absolute Gasteiger partial charge is 0.478 e. The van der Waals surface area contributed by atoms with Crippen LogP contribution in [0, 0.1) is 10.1 Å². The van der Waals surface area contributed by atoms with E-state index in [1.165, 1.54) is 42.5 Å². The average molecular weight is 331 g/mol. The van der Waals surface area contributed by atoms with Crippen LogP contribution in [-0.4, -0.2) is 28.6 Å². The van der Waals surface area contributed by atoms with Crippen molar-refractivity contribution in [3.63, 3.8) is 0 Å². The lowest BCUT2D eigenvalue weighted by molar-refractivity contribution is -0.384. The number of nitrogens with zero attached hydrogens (tertiary/aromatic N) is 1. The summed E-state index contributed by atoms with van der Waals surface area (Å²) in [7, 11) is 0. The molecular formula is C16H13NO7. The first kappa shape index (κ1) is 16.9. The Balaban J connectivity index is 2.28. The molecular weight excluding hydrogens is 318 g/mol. The van der Waals surface area contributed by atoms with E-state index < -0.39 is 16.9 Å². The highest BCUT2D eigenvalue weighted by atomic mass is 16.6. The molecule has 0 aliphatic carbocycles. The van der Waals surface area contributed by atoms with Crippen LogP contribution < -0.4 is 4.74 Å². The molecule has 0 saturated carbocycles. The van der Waals surface area contributed by atoms with Crippen molar-refractivity contribution in [3.05, 3.63) is 63.7 Å². The number of hydrogen-bond acceptors (Lipinski definition) is 6. The number of carbonyl (C=O) groups is 2. The molecule has 0 aliphatic heterocycles. The van der Waals surface area contributed by atoms with Gasteiger partial charge in [0.1, 0.15) is 11.5 Å². The number of carbonyl (C=O) groups excluding carboxylic acids is 1. The van der Waals surface area contributed by atoms with Crippen LogP contribution in [0.1, 0.15) is 27.6 Å². The molecule has 2 rings (SSSR count). The van der Waals surface area contributed by atoms with Crippen LogP contribution in [0.25, 0.3) is 0 Å². The lowest BCUT2D eigenvalue weighted by Gasteiger charge is -2.09. The van der Waals surface area contributed by atoms with E-state index >= 15 is 0 Å². The molecule has 2 aromatic rings. The van der Waals surface area contributed by atoms with Gasteiger partial charge in [0.15, 0.2) is 0 Å². The minimum Gasteiger partial charge on any atom is -0.478 e. The number of ether oxygens (including phenoxy) is 2. The third-order valence-corrected chi connectivity index (χ3v) is 3.00. The van der Waals surface area contributed by atoms with Gasteiger partial charge in [-0.05, 0) is 37.3 Å². The number of nitro benzene ring substituents is 1. The zero-order valence-electron chi connectivity index (χ0n) is 12.6. The SMILES string of the molecule is CCOC(=O)c1ccc(Oc2ccc([N+](=O)[O-])cc2)cc1C(=O)O. The van der Waals surface area contributed by atoms with Crippen molar-refractivity contribution in [1.29, 1.82) is 0 Å². The number of non-ortho nitro benzene ring substituents is 1. The van der Waals surface area contributed by atoms with Crippen molar-refractivity contribution in [2.75, 3.05) is 6.61 Å². The Labute approximate surface area is 136 Å². The summed E-state index contributed by atoms with van der Waals surface area (Å²) in [6, 6.07) is 9.20. The lowest BCUT2D eigenvalue weighted by Crippen LogP contribution is -2.11. The van der Waals surface area contributed by atoms with Crippen LogP contribution in [0.3, 0.4) is 0 Å². The van der Waals surface area contributed by atoms with Gasteiger partial charge in [-0.15, -0.1) is 0 Å². The molecule has 2 aromatic carbocycles. The van der Waals surface area contributed by atoms with Gasteiger partial charge in [0.2, 0.25) is 0 Å². The van der Waals surface area contributed by atoms with Crippen molar-refractivity contribution in [3.8, 4) is 11.5 Å². The van der Waals surface area contributed by atoms with Gasteiger partial charge in [-0.2, -0.15) is 0 Å². The highest BCUT2D eigenvalue weighted by molar-refractivity contribution is 6.02. The molecule has 8 nitrogen and oxygen atoms in total. The molecule has 0 aliphatic rings. The van der Waals surface area contributed by atoms with E-state index in [9.17, 15) is 24.8 Å². The fourth-order valence-electron chi connectivity index (χ4n) is 1.92. The van der Waals surface area contributed by atoms with Gasteiger partial charge in [-0.3, -0.25) is 10.1 Å². The number of carboxylic acid groups (broad SMARTS) is 1. The molecule has 0 aromatic heterocycles. The van der Waals surface area contributed by atoms with E-state index in [0.717, 1.165) is 0 Å². The van der Waals surface area contributed by atoms with Gasteiger partial charge in [0.05, 0.1) is 22.7 Å². The van der Waals surface area contributed by atoms with Gasteiger partial charge in [-0.25, -0.2) is 9.59 Å². The summed E-state index contributed by atoms with van der Waals surface area (Å²) in [5.41, 5.74) is -0.431. The zero-order valence-corrected chi connectivity index (χ0v) is 12.6. The predicted octanol–water partition coefficient (Wildman–Crippen LogP) is 3.26. The average Bonchev–Trinajstić information content (AvgIpc) is 2.55. The van der Waals surface area contributed by atoms with E-state index in [4.69, 9.17) is 9.47 Å². The quantitative estimate of drug-likeness (QED) is 0.490. The Morgan fingerprint density at radius 3 is 2.25 bits per heavy atom. The van der Waals surface area contributed by atoms with Gasteiger partial charge in [-0.1, -0.05) is 0 Å². The summed E-state index contributed by atoms with van der Waals surface area (Å²) in [6.07, 6.45) is 0. The van der Waals surface area contributed by atoms with Crippen LogP contribution in [0.15, 0.2) is 42.5 Å². The number of rotatable bonds is 6. The summed E-state index contributed by atoms with van der Waals surface area (Å²) in [6.45, 7) is 1.74. The maximum absolute atomic E-state index is 11.8. The van der Waals surface area contributed by atoms with Crippen LogP contribution in [0.4, 0.5) is 5.69 Å². The summed E-state index contributed by atoms with van der Waals surface area (Å²) >= 11 is 0. The van der Waals surface area contributed by atoms with E-state index in [1.807, 2.05) is 0 Å². The van der Waals surface area contributed by atoms with Crippen LogP contribution >= 0.6 is 0 Å². The normalized spacial score (nSPS) is 10.0. The molecule has 0 unspecified atom stereocenters. The first-order chi connectivity index (χ1) is 11.4. The zero-order chi connectivity index (χ0) is 17.7. The van der Waals surface area contributed by atoms with Gasteiger partial charge in [0, 0.05) is 12.1 Å². The fourth-order valence-corrected chi connectivity index (χ4v) is 1.92. The fraction of sp³-hybridized carbons (Fsp3) is 0.125. The third kappa shape index (κ3) is 3.86. The van der Waals surface area contributed by atoms with Crippen LogP contribution in [0.5, 0.6) is 11.5 Å². The summed E-state index contributed by atoms with van der Waals surface area (Å²) in [5.74, 6) is -1.57. The van der Waals surface area contributed by atoms with Crippen LogP contribution in [-0.2, 0) is 4.74 Å². The molecule has 0 bridgehead atoms. The second kappa shape index (κ2) is 7.23. The number of benzene rings is 2. The molecule has 24 heavy (non-hydrogen) atoms. The molecule has 0 saturated heterocycles. The van der Waals surface area contributed by atoms with Crippen molar-refractivity contribution < 1.29 is 29.1 Å². The molecule has 124 valence electrons. The Morgan fingerprint density at radius 2 is 1.71 bits per heavy atom. The minimum atomic E-state index is -1.30. The number of esters is 1. The van der Waals surface area contributed by atoms with E-state index in [2.05, 4.69) is 0 Å². The molecule has 0 amide bonds. The number of hydrogen-bond donors (Lipinski definition) is 1. The van der Waals surface area contributed by atoms with E-state index in [-0.39, 0.29) is 29.2 Å². The first-order valence-electron chi connectivity index (χ1n) is 6.89. The van der Waals surface area contributed by atoms with E-state index in [0.29, 0.717) is 5.75 Å². The highest BCUT2D eigenvalue weighted by Crippen LogP contribution is 2.26. The van der Waals surface area contributed by atoms with Crippen molar-refractivity contribution in [1.82, 2.24) is 0 Å². The summed E-state index contributed by atoms with van der Waals surface area (Å²) < 4.78 is 10.3. The first-order valence-corrected chi connectivity index (χ1v) is 6.89. The number of aromatic carboxylic acids is 1. The third-order valence-electron chi connectivity index (χ3n) is 3.00. The minimum absolute atomic E-state index is 0.0830. The predicted molar refractivity (Wildman–Crippen MR) is 82.5 cm³/mol. The second-order valence-corrected chi connectivity index (χ2v) is 4.59. The molecule has 0 atom stereocenters. The Morgan fingerprint density at radius 1 is 1.08 bits per heavy atom. The standard InChI is InChI=1S/C16H13NO7/c1-2-23-16(20)13-8-7-12(9-14(13)15(18)19)24-11-5-3-10(4-6-11)17(21)22/h3-9H,2H2,1H3,(H,18,19). The van der Waals surface area contributed by atoms with Gasteiger partial charge < -0.3 is 14.6 Å². The van der Waals surface area contributed by atoms with Crippen molar-refractivity contribution >= 4 is 17.6 Å². The van der Waals surface area contributed by atoms with Crippen molar-refractivity contribution in [2.45, 2.75) is 6.92 Å². The lowest BCUT2D eigenvalue weighted by atomic mass is 10.1. The molecule has 8 heteroatoms. The summed E-state index contributed by atoms with van der Waals surface area (Å²) in [5, 5.41) is 19.8. The highest BCUT2D eigenvalue weighted by Gasteiger charge is 2.19. The smallest absolute Gasteiger partial charge is 0.339 e. The maximum Gasteiger partial charge on any atom is 0.339 e. The summed E-state index contributed by atoms with van der Waals surface area (Å²) in [4.78, 5) is 33.1. The topological polar surface area (TPSA) is 116 Å². The molecule has 0 radical (unpaired) electrons. The number of carboxylic acids is 1. The molecule has 0 spiro atoms. The number of nitro groups is 1. The maximum atomic E-state index is 11.8.